The third-order valence-corrected chi connectivity index (χ3v) is 3.09. The second-order valence-electron chi connectivity index (χ2n) is 4.61. The van der Waals surface area contributed by atoms with Gasteiger partial charge in [0.25, 0.3) is 0 Å². The summed E-state index contributed by atoms with van der Waals surface area (Å²) in [4.78, 5) is 4.28. The number of hydrogen-bond acceptors (Lipinski definition) is 7. The van der Waals surface area contributed by atoms with Gasteiger partial charge in [-0.1, -0.05) is 22.4 Å². The Balaban J connectivity index is 1.75. The Hall–Kier alpha value is -2.25. The summed E-state index contributed by atoms with van der Waals surface area (Å²) in [6.07, 6.45) is 0.408. The van der Waals surface area contributed by atoms with E-state index in [1.807, 2.05) is 31.2 Å². The van der Waals surface area contributed by atoms with Crippen molar-refractivity contribution in [1.29, 1.82) is 0 Å². The fourth-order valence-electron chi connectivity index (χ4n) is 2.02. The van der Waals surface area contributed by atoms with Gasteiger partial charge in [0.05, 0.1) is 19.1 Å². The Morgan fingerprint density at radius 1 is 1.24 bits per heavy atom. The Kier molecular flexibility index (Phi) is 3.94. The molecule has 2 N–H and O–H groups in total. The number of nitrogens with two attached hydrogens (primary N) is 1. The highest BCUT2D eigenvalue weighted by Gasteiger charge is 2.17. The smallest absolute Gasteiger partial charge is 0.232 e. The quantitative estimate of drug-likeness (QED) is 0.738. The molecule has 2 aromatic heterocycles. The zero-order valence-electron chi connectivity index (χ0n) is 11.7. The predicted molar refractivity (Wildman–Crippen MR) is 74.5 cm³/mol. The van der Waals surface area contributed by atoms with Crippen LogP contribution in [0.5, 0.6) is 0 Å². The van der Waals surface area contributed by atoms with Crippen molar-refractivity contribution in [2.24, 2.45) is 5.73 Å². The lowest BCUT2D eigenvalue weighted by atomic mass is 10.2. The molecule has 3 rings (SSSR count). The highest BCUT2D eigenvalue weighted by molar-refractivity contribution is 5.79. The van der Waals surface area contributed by atoms with E-state index in [1.165, 1.54) is 0 Å². The van der Waals surface area contributed by atoms with Crippen molar-refractivity contribution in [3.8, 4) is 0 Å². The van der Waals surface area contributed by atoms with Crippen LogP contribution in [0.4, 0.5) is 0 Å². The van der Waals surface area contributed by atoms with Gasteiger partial charge in [-0.2, -0.15) is 4.98 Å². The topological polar surface area (TPSA) is 100 Å². The summed E-state index contributed by atoms with van der Waals surface area (Å²) in [5, 5.41) is 8.86. The minimum absolute atomic E-state index is 0.363. The molecule has 0 aliphatic rings. The standard InChI is InChI=1S/C14H16N4O3/c1-2-19-8-10(15)14-16-13(21-18-14)7-11-9-5-3-4-6-12(9)20-17-11/h3-6,10H,2,7-8,15H2,1H3. The number of nitrogens with zero attached hydrogens (tertiary/aromatic N) is 3. The van der Waals surface area contributed by atoms with Gasteiger partial charge in [-0.05, 0) is 19.1 Å². The minimum Gasteiger partial charge on any atom is -0.380 e. The van der Waals surface area contributed by atoms with Gasteiger partial charge in [0, 0.05) is 12.0 Å². The van der Waals surface area contributed by atoms with Crippen LogP contribution >= 0.6 is 0 Å². The minimum atomic E-state index is -0.392. The molecule has 0 spiro atoms. The molecule has 3 aromatic rings. The van der Waals surface area contributed by atoms with Crippen LogP contribution in [0.2, 0.25) is 0 Å². The third kappa shape index (κ3) is 2.93. The molecular weight excluding hydrogens is 272 g/mol. The Morgan fingerprint density at radius 2 is 2.10 bits per heavy atom. The van der Waals surface area contributed by atoms with Gasteiger partial charge in [0.15, 0.2) is 11.4 Å². The Morgan fingerprint density at radius 3 is 2.95 bits per heavy atom. The van der Waals surface area contributed by atoms with E-state index in [9.17, 15) is 0 Å². The van der Waals surface area contributed by atoms with Crippen LogP contribution in [0, 0.1) is 0 Å². The third-order valence-electron chi connectivity index (χ3n) is 3.09. The average molecular weight is 288 g/mol. The first-order chi connectivity index (χ1) is 10.3. The van der Waals surface area contributed by atoms with E-state index in [0.717, 1.165) is 16.7 Å². The first-order valence-corrected chi connectivity index (χ1v) is 6.77. The van der Waals surface area contributed by atoms with Crippen LogP contribution in [0.1, 0.15) is 30.4 Å². The molecule has 7 heteroatoms. The molecule has 0 bridgehead atoms. The van der Waals surface area contributed by atoms with Gasteiger partial charge in [-0.15, -0.1) is 0 Å². The fourth-order valence-corrected chi connectivity index (χ4v) is 2.02. The number of aromatic nitrogens is 3. The maximum absolute atomic E-state index is 5.91. The highest BCUT2D eigenvalue weighted by Crippen LogP contribution is 2.20. The largest absolute Gasteiger partial charge is 0.380 e. The van der Waals surface area contributed by atoms with Crippen LogP contribution in [0.3, 0.4) is 0 Å². The van der Waals surface area contributed by atoms with Crippen LogP contribution < -0.4 is 5.73 Å². The number of fused-ring (bicyclic) bond motifs is 1. The lowest BCUT2D eigenvalue weighted by Gasteiger charge is -2.05. The average Bonchev–Trinajstić information content (AvgIpc) is 3.13. The molecule has 0 aliphatic carbocycles. The monoisotopic (exact) mass is 288 g/mol. The zero-order valence-corrected chi connectivity index (χ0v) is 11.7. The van der Waals surface area contributed by atoms with Crippen molar-refractivity contribution in [2.45, 2.75) is 19.4 Å². The molecule has 110 valence electrons. The second kappa shape index (κ2) is 6.02. The van der Waals surface area contributed by atoms with E-state index < -0.39 is 6.04 Å². The molecule has 1 atom stereocenters. The predicted octanol–water partition coefficient (Wildman–Crippen LogP) is 1.84. The lowest BCUT2D eigenvalue weighted by Crippen LogP contribution is -2.18. The number of benzene rings is 1. The van der Waals surface area contributed by atoms with Crippen LogP contribution in [0.25, 0.3) is 11.0 Å². The summed E-state index contributed by atoms with van der Waals surface area (Å²) < 4.78 is 15.7. The number of rotatable bonds is 6. The van der Waals surface area contributed by atoms with E-state index in [-0.39, 0.29) is 0 Å². The molecule has 21 heavy (non-hydrogen) atoms. The summed E-state index contributed by atoms with van der Waals surface area (Å²) in [6, 6.07) is 7.24. The van der Waals surface area contributed by atoms with E-state index in [2.05, 4.69) is 15.3 Å². The lowest BCUT2D eigenvalue weighted by molar-refractivity contribution is 0.130. The summed E-state index contributed by atoms with van der Waals surface area (Å²) >= 11 is 0. The van der Waals surface area contributed by atoms with Gasteiger partial charge in [0.2, 0.25) is 5.89 Å². The molecule has 0 amide bonds. The van der Waals surface area contributed by atoms with Crippen molar-refractivity contribution in [1.82, 2.24) is 15.3 Å². The fraction of sp³-hybridized carbons (Fsp3) is 0.357. The van der Waals surface area contributed by atoms with E-state index in [1.54, 1.807) is 0 Å². The van der Waals surface area contributed by atoms with Crippen LogP contribution in [-0.2, 0) is 11.2 Å². The van der Waals surface area contributed by atoms with Gasteiger partial charge in [-0.3, -0.25) is 0 Å². The van der Waals surface area contributed by atoms with Crippen molar-refractivity contribution in [2.75, 3.05) is 13.2 Å². The van der Waals surface area contributed by atoms with Crippen molar-refractivity contribution in [3.05, 3.63) is 41.7 Å². The maximum atomic E-state index is 5.91. The molecule has 2 heterocycles. The van der Waals surface area contributed by atoms with E-state index in [4.69, 9.17) is 19.5 Å². The number of ether oxygens (including phenoxy) is 1. The maximum Gasteiger partial charge on any atom is 0.232 e. The summed E-state index contributed by atoms with van der Waals surface area (Å²) in [5.41, 5.74) is 7.41. The molecule has 0 radical (unpaired) electrons. The normalized spacial score (nSPS) is 12.9. The van der Waals surface area contributed by atoms with Gasteiger partial charge in [0.1, 0.15) is 5.69 Å². The van der Waals surface area contributed by atoms with Crippen molar-refractivity contribution in [3.63, 3.8) is 0 Å². The Labute approximate surface area is 121 Å². The van der Waals surface area contributed by atoms with Crippen molar-refractivity contribution >= 4 is 11.0 Å². The molecule has 7 nitrogen and oxygen atoms in total. The van der Waals surface area contributed by atoms with Gasteiger partial charge in [-0.25, -0.2) is 0 Å². The molecule has 0 saturated carbocycles. The van der Waals surface area contributed by atoms with E-state index in [0.29, 0.717) is 31.3 Å². The zero-order chi connectivity index (χ0) is 14.7. The SMILES string of the molecule is CCOCC(N)c1noc(Cc2noc3ccccc23)n1. The molecule has 1 unspecified atom stereocenters. The molecule has 0 saturated heterocycles. The van der Waals surface area contributed by atoms with Crippen LogP contribution in [0.15, 0.2) is 33.3 Å². The Bertz CT molecular complexity index is 722. The summed E-state index contributed by atoms with van der Waals surface area (Å²) in [6.45, 7) is 2.87. The first-order valence-electron chi connectivity index (χ1n) is 6.77. The van der Waals surface area contributed by atoms with Crippen molar-refractivity contribution < 1.29 is 13.8 Å². The second-order valence-corrected chi connectivity index (χ2v) is 4.61. The highest BCUT2D eigenvalue weighted by atomic mass is 16.5. The van der Waals surface area contributed by atoms with Gasteiger partial charge >= 0.3 is 0 Å². The number of hydrogen-bond donors (Lipinski definition) is 1. The van der Waals surface area contributed by atoms with Gasteiger partial charge < -0.3 is 19.5 Å². The summed E-state index contributed by atoms with van der Waals surface area (Å²) in [7, 11) is 0. The molecular formula is C14H16N4O3. The summed E-state index contributed by atoms with van der Waals surface area (Å²) in [5.74, 6) is 0.891. The molecule has 0 aliphatic heterocycles. The molecule has 1 aromatic carbocycles. The first kappa shape index (κ1) is 13.7. The van der Waals surface area contributed by atoms with Crippen LogP contribution in [-0.4, -0.2) is 28.5 Å². The van der Waals surface area contributed by atoms with E-state index >= 15 is 0 Å². The number of para-hydroxylation sites is 1. The molecule has 0 fully saturated rings.